The first-order valence-corrected chi connectivity index (χ1v) is 7.41. The first-order valence-electron chi connectivity index (χ1n) is 7.41. The lowest BCUT2D eigenvalue weighted by Crippen LogP contribution is -2.39. The molecular formula is C16H25FN2. The molecule has 0 aromatic heterocycles. The summed E-state index contributed by atoms with van der Waals surface area (Å²) in [6.07, 6.45) is 2.43. The number of nitrogens with one attached hydrogen (secondary N) is 1. The van der Waals surface area contributed by atoms with Gasteiger partial charge in [0.1, 0.15) is 5.82 Å². The highest BCUT2D eigenvalue weighted by molar-refractivity contribution is 5.20. The molecule has 0 saturated carbocycles. The van der Waals surface area contributed by atoms with E-state index in [9.17, 15) is 4.39 Å². The molecule has 106 valence electrons. The van der Waals surface area contributed by atoms with Gasteiger partial charge < -0.3 is 5.32 Å². The van der Waals surface area contributed by atoms with Crippen molar-refractivity contribution in [1.29, 1.82) is 0 Å². The first-order chi connectivity index (χ1) is 9.20. The van der Waals surface area contributed by atoms with E-state index in [-0.39, 0.29) is 5.82 Å². The molecule has 0 amide bonds. The van der Waals surface area contributed by atoms with Crippen LogP contribution in [-0.2, 0) is 0 Å². The third-order valence-corrected chi connectivity index (χ3v) is 4.01. The van der Waals surface area contributed by atoms with Gasteiger partial charge in [-0.3, -0.25) is 4.90 Å². The molecule has 1 fully saturated rings. The van der Waals surface area contributed by atoms with Gasteiger partial charge in [-0.15, -0.1) is 0 Å². The number of hydrogen-bond donors (Lipinski definition) is 1. The van der Waals surface area contributed by atoms with Gasteiger partial charge in [-0.2, -0.15) is 0 Å². The average molecular weight is 264 g/mol. The van der Waals surface area contributed by atoms with Crippen molar-refractivity contribution in [1.82, 2.24) is 10.2 Å². The Kier molecular flexibility index (Phi) is 5.34. The summed E-state index contributed by atoms with van der Waals surface area (Å²) in [5.41, 5.74) is 1.23. The Morgan fingerprint density at radius 3 is 2.68 bits per heavy atom. The molecule has 1 N–H and O–H groups in total. The first kappa shape index (κ1) is 14.5. The number of nitrogens with zero attached hydrogens (tertiary/aromatic N) is 1. The number of rotatable bonds is 6. The maximum atomic E-state index is 13.0. The molecule has 2 unspecified atom stereocenters. The molecule has 2 atom stereocenters. The van der Waals surface area contributed by atoms with Crippen LogP contribution < -0.4 is 5.32 Å². The molecule has 1 aromatic rings. The molecular weight excluding hydrogens is 239 g/mol. The van der Waals surface area contributed by atoms with Crippen LogP contribution in [-0.4, -0.2) is 37.1 Å². The van der Waals surface area contributed by atoms with Gasteiger partial charge >= 0.3 is 0 Å². The zero-order chi connectivity index (χ0) is 13.7. The van der Waals surface area contributed by atoms with Crippen molar-refractivity contribution in [2.75, 3.05) is 26.2 Å². The molecule has 0 bridgehead atoms. The van der Waals surface area contributed by atoms with Crippen molar-refractivity contribution in [3.05, 3.63) is 35.6 Å². The monoisotopic (exact) mass is 264 g/mol. The summed E-state index contributed by atoms with van der Waals surface area (Å²) in [7, 11) is 0. The summed E-state index contributed by atoms with van der Waals surface area (Å²) < 4.78 is 13.0. The van der Waals surface area contributed by atoms with Crippen LogP contribution in [0.2, 0.25) is 0 Å². The second-order valence-electron chi connectivity index (χ2n) is 5.59. The van der Waals surface area contributed by atoms with Gasteiger partial charge in [0.15, 0.2) is 0 Å². The summed E-state index contributed by atoms with van der Waals surface area (Å²) in [6.45, 7) is 8.92. The summed E-state index contributed by atoms with van der Waals surface area (Å²) in [4.78, 5) is 2.59. The van der Waals surface area contributed by atoms with Gasteiger partial charge in [0.2, 0.25) is 0 Å². The molecule has 1 aliphatic rings. The number of benzene rings is 1. The topological polar surface area (TPSA) is 15.3 Å². The lowest BCUT2D eigenvalue weighted by Gasteiger charge is -2.30. The van der Waals surface area contributed by atoms with Crippen LogP contribution in [0.25, 0.3) is 0 Å². The summed E-state index contributed by atoms with van der Waals surface area (Å²) in [5, 5.41) is 3.44. The molecule has 0 aliphatic carbocycles. The van der Waals surface area contributed by atoms with Crippen molar-refractivity contribution in [3.8, 4) is 0 Å². The quantitative estimate of drug-likeness (QED) is 0.849. The fraction of sp³-hybridized carbons (Fsp3) is 0.625. The third-order valence-electron chi connectivity index (χ3n) is 4.01. The second-order valence-corrected chi connectivity index (χ2v) is 5.59. The highest BCUT2D eigenvalue weighted by Crippen LogP contribution is 2.20. The van der Waals surface area contributed by atoms with Gasteiger partial charge in [0.05, 0.1) is 0 Å². The van der Waals surface area contributed by atoms with E-state index in [4.69, 9.17) is 0 Å². The highest BCUT2D eigenvalue weighted by atomic mass is 19.1. The Balaban J connectivity index is 1.97. The largest absolute Gasteiger partial charge is 0.315 e. The standard InChI is InChI=1S/C16H25FN2/c1-3-10-19(16-8-9-18-11-16)12-13(2)14-4-6-15(17)7-5-14/h4-7,13,16,18H,3,8-12H2,1-2H3. The number of halogens is 1. The van der Waals surface area contributed by atoms with E-state index in [0.717, 1.165) is 26.2 Å². The Morgan fingerprint density at radius 2 is 2.11 bits per heavy atom. The van der Waals surface area contributed by atoms with Gasteiger partial charge in [0.25, 0.3) is 0 Å². The molecule has 1 aromatic carbocycles. The average Bonchev–Trinajstić information content (AvgIpc) is 2.92. The Labute approximate surface area is 116 Å². The van der Waals surface area contributed by atoms with Crippen LogP contribution in [0.15, 0.2) is 24.3 Å². The SMILES string of the molecule is CCCN(CC(C)c1ccc(F)cc1)C1CCNC1. The van der Waals surface area contributed by atoms with Gasteiger partial charge in [-0.05, 0) is 49.5 Å². The molecule has 2 nitrogen and oxygen atoms in total. The maximum Gasteiger partial charge on any atom is 0.123 e. The molecule has 0 radical (unpaired) electrons. The van der Waals surface area contributed by atoms with Gasteiger partial charge in [-0.25, -0.2) is 4.39 Å². The van der Waals surface area contributed by atoms with E-state index < -0.39 is 0 Å². The predicted molar refractivity (Wildman–Crippen MR) is 78.0 cm³/mol. The lowest BCUT2D eigenvalue weighted by atomic mass is 9.99. The minimum absolute atomic E-state index is 0.152. The van der Waals surface area contributed by atoms with Crippen LogP contribution in [0.4, 0.5) is 4.39 Å². The Morgan fingerprint density at radius 1 is 1.37 bits per heavy atom. The van der Waals surface area contributed by atoms with E-state index in [2.05, 4.69) is 24.1 Å². The van der Waals surface area contributed by atoms with Gasteiger partial charge in [0, 0.05) is 19.1 Å². The van der Waals surface area contributed by atoms with Crippen molar-refractivity contribution in [3.63, 3.8) is 0 Å². The van der Waals surface area contributed by atoms with E-state index in [1.165, 1.54) is 18.4 Å². The maximum absolute atomic E-state index is 13.0. The molecule has 0 spiro atoms. The van der Waals surface area contributed by atoms with Crippen LogP contribution in [0, 0.1) is 5.82 Å². The minimum Gasteiger partial charge on any atom is -0.315 e. The molecule has 19 heavy (non-hydrogen) atoms. The van der Waals surface area contributed by atoms with E-state index in [1.54, 1.807) is 12.1 Å². The van der Waals surface area contributed by atoms with E-state index in [0.29, 0.717) is 12.0 Å². The molecule has 1 saturated heterocycles. The molecule has 1 heterocycles. The van der Waals surface area contributed by atoms with E-state index in [1.807, 2.05) is 12.1 Å². The lowest BCUT2D eigenvalue weighted by molar-refractivity contribution is 0.198. The summed E-state index contributed by atoms with van der Waals surface area (Å²) in [6, 6.07) is 7.62. The fourth-order valence-electron chi connectivity index (χ4n) is 2.91. The summed E-state index contributed by atoms with van der Waals surface area (Å²) >= 11 is 0. The highest BCUT2D eigenvalue weighted by Gasteiger charge is 2.23. The van der Waals surface area contributed by atoms with Crippen LogP contribution in [0.3, 0.4) is 0 Å². The zero-order valence-corrected chi connectivity index (χ0v) is 12.0. The van der Waals surface area contributed by atoms with Crippen LogP contribution in [0.5, 0.6) is 0 Å². The smallest absolute Gasteiger partial charge is 0.123 e. The molecule has 3 heteroatoms. The van der Waals surface area contributed by atoms with Crippen molar-refractivity contribution in [2.45, 2.75) is 38.6 Å². The predicted octanol–water partition coefficient (Wildman–Crippen LogP) is 3.00. The Bertz CT molecular complexity index is 371. The zero-order valence-electron chi connectivity index (χ0n) is 12.0. The third kappa shape index (κ3) is 4.02. The van der Waals surface area contributed by atoms with Crippen LogP contribution >= 0.6 is 0 Å². The number of hydrogen-bond acceptors (Lipinski definition) is 2. The fourth-order valence-corrected chi connectivity index (χ4v) is 2.91. The van der Waals surface area contributed by atoms with Crippen molar-refractivity contribution >= 4 is 0 Å². The Hall–Kier alpha value is -0.930. The molecule has 1 aliphatic heterocycles. The van der Waals surface area contributed by atoms with Crippen molar-refractivity contribution in [2.24, 2.45) is 0 Å². The molecule has 2 rings (SSSR count). The minimum atomic E-state index is -0.152. The van der Waals surface area contributed by atoms with E-state index >= 15 is 0 Å². The normalized spacial score (nSPS) is 20.9. The van der Waals surface area contributed by atoms with Crippen molar-refractivity contribution < 1.29 is 4.39 Å². The summed E-state index contributed by atoms with van der Waals surface area (Å²) in [5.74, 6) is 0.300. The second kappa shape index (κ2) is 7.01. The van der Waals surface area contributed by atoms with Crippen LogP contribution in [0.1, 0.15) is 38.2 Å². The van der Waals surface area contributed by atoms with Gasteiger partial charge in [-0.1, -0.05) is 26.0 Å².